The number of rotatable bonds is 1. The summed E-state index contributed by atoms with van der Waals surface area (Å²) in [6.07, 6.45) is 0.687. The first kappa shape index (κ1) is 7.29. The van der Waals surface area contributed by atoms with Crippen molar-refractivity contribution in [2.24, 2.45) is 0 Å². The van der Waals surface area contributed by atoms with Gasteiger partial charge in [0.2, 0.25) is 0 Å². The molecule has 0 amide bonds. The third-order valence-electron chi connectivity index (χ3n) is 1.37. The Morgan fingerprint density at radius 1 is 1.50 bits per heavy atom. The fourth-order valence-electron chi connectivity index (χ4n) is 0.791. The van der Waals surface area contributed by atoms with E-state index in [1.165, 1.54) is 0 Å². The van der Waals surface area contributed by atoms with Crippen LogP contribution in [0.1, 0.15) is 5.56 Å². The Morgan fingerprint density at radius 3 is 2.70 bits per heavy atom. The van der Waals surface area contributed by atoms with Gasteiger partial charge in [-0.3, -0.25) is 0 Å². The average Bonchev–Trinajstić information content (AvgIpc) is 1.94. The molecule has 0 saturated carbocycles. The zero-order valence-corrected chi connectivity index (χ0v) is 6.36. The lowest BCUT2D eigenvalue weighted by Crippen LogP contribution is -1.91. The third kappa shape index (κ3) is 1.36. The van der Waals surface area contributed by atoms with Gasteiger partial charge < -0.3 is 5.73 Å². The molecule has 0 aliphatic carbocycles. The van der Waals surface area contributed by atoms with E-state index < -0.39 is 0 Å². The number of benzene rings is 1. The van der Waals surface area contributed by atoms with Gasteiger partial charge in [0, 0.05) is 16.3 Å². The summed E-state index contributed by atoms with van der Waals surface area (Å²) in [5, 5.41) is 0.716. The molecule has 1 rings (SSSR count). The van der Waals surface area contributed by atoms with Crippen LogP contribution in [0, 0.1) is 6.92 Å². The maximum absolute atomic E-state index is 5.71. The van der Waals surface area contributed by atoms with Crippen molar-refractivity contribution in [2.75, 3.05) is 5.73 Å². The molecule has 0 spiro atoms. The molecular weight excluding hydrogens is 146 g/mol. The molecule has 0 heterocycles. The van der Waals surface area contributed by atoms with Gasteiger partial charge in [-0.15, -0.1) is 0 Å². The van der Waals surface area contributed by atoms with Crippen molar-refractivity contribution in [3.8, 4) is 0 Å². The summed E-state index contributed by atoms with van der Waals surface area (Å²) in [5.41, 5.74) is 7.37. The molecule has 0 radical (unpaired) electrons. The van der Waals surface area contributed by atoms with Crippen LogP contribution in [0.3, 0.4) is 0 Å². The first-order chi connectivity index (χ1) is 4.74. The van der Waals surface area contributed by atoms with Crippen LogP contribution in [0.25, 0.3) is 0 Å². The second-order valence-electron chi connectivity index (χ2n) is 2.09. The summed E-state index contributed by atoms with van der Waals surface area (Å²) in [6, 6.07) is 5.41. The smallest absolute Gasteiger partial charge is 0.112 e. The van der Waals surface area contributed by atoms with Crippen molar-refractivity contribution in [1.29, 1.82) is 0 Å². The molecule has 0 saturated heterocycles. The molecule has 2 heteroatoms. The van der Waals surface area contributed by atoms with E-state index in [-0.39, 0.29) is 0 Å². The van der Waals surface area contributed by atoms with Gasteiger partial charge in [-0.05, 0) is 18.2 Å². The van der Waals surface area contributed by atoms with Gasteiger partial charge in [-0.25, -0.2) is 0 Å². The number of nitrogen functional groups attached to an aromatic ring is 1. The summed E-state index contributed by atoms with van der Waals surface area (Å²) in [6.45, 7) is 3.72. The van der Waals surface area contributed by atoms with E-state index in [0.717, 1.165) is 11.3 Å². The Bertz CT molecular complexity index is 233. The van der Waals surface area contributed by atoms with Crippen molar-refractivity contribution < 1.29 is 0 Å². The second kappa shape index (κ2) is 2.84. The van der Waals surface area contributed by atoms with Crippen molar-refractivity contribution in [3.05, 3.63) is 35.7 Å². The molecule has 0 bridgehead atoms. The Balaban J connectivity index is 3.09. The van der Waals surface area contributed by atoms with E-state index in [0.29, 0.717) is 11.4 Å². The van der Waals surface area contributed by atoms with Gasteiger partial charge >= 0.3 is 0 Å². The standard InChI is InChI=1S/C8H9ClN/c1-2-6-5-7(9)3-4-8(6)10/h3-5H,1-2,10H2/q+1. The van der Waals surface area contributed by atoms with Crippen LogP contribution in [-0.2, 0) is 6.42 Å². The first-order valence-corrected chi connectivity index (χ1v) is 3.45. The Hall–Kier alpha value is -0.820. The molecule has 1 aromatic carbocycles. The highest BCUT2D eigenvalue weighted by atomic mass is 35.5. The van der Waals surface area contributed by atoms with Gasteiger partial charge in [0.1, 0.15) is 6.42 Å². The molecule has 0 fully saturated rings. The zero-order chi connectivity index (χ0) is 7.56. The lowest BCUT2D eigenvalue weighted by atomic mass is 10.1. The van der Waals surface area contributed by atoms with Crippen LogP contribution in [0.15, 0.2) is 18.2 Å². The monoisotopic (exact) mass is 154 g/mol. The van der Waals surface area contributed by atoms with Crippen LogP contribution >= 0.6 is 11.6 Å². The molecule has 1 aromatic rings. The van der Waals surface area contributed by atoms with Crippen LogP contribution in [0.2, 0.25) is 5.02 Å². The fourth-order valence-corrected chi connectivity index (χ4v) is 0.986. The number of hydrogen-bond donors (Lipinski definition) is 1. The fraction of sp³-hybridized carbons (Fsp3) is 0.125. The molecule has 0 aliphatic heterocycles. The zero-order valence-electron chi connectivity index (χ0n) is 5.60. The predicted octanol–water partition coefficient (Wildman–Crippen LogP) is 2.30. The largest absolute Gasteiger partial charge is 0.398 e. The minimum atomic E-state index is 0.687. The Kier molecular flexibility index (Phi) is 2.07. The predicted molar refractivity (Wildman–Crippen MR) is 44.9 cm³/mol. The molecule has 10 heavy (non-hydrogen) atoms. The highest BCUT2D eigenvalue weighted by Crippen LogP contribution is 2.17. The summed E-state index contributed by atoms with van der Waals surface area (Å²) < 4.78 is 0. The van der Waals surface area contributed by atoms with E-state index in [4.69, 9.17) is 17.3 Å². The molecule has 2 N–H and O–H groups in total. The quantitative estimate of drug-likeness (QED) is 0.488. The van der Waals surface area contributed by atoms with Crippen LogP contribution in [0.4, 0.5) is 5.69 Å². The Morgan fingerprint density at radius 2 is 2.20 bits per heavy atom. The van der Waals surface area contributed by atoms with Crippen molar-refractivity contribution in [2.45, 2.75) is 6.42 Å². The Labute approximate surface area is 65.8 Å². The minimum Gasteiger partial charge on any atom is -0.398 e. The molecule has 52 valence electrons. The maximum atomic E-state index is 5.71. The van der Waals surface area contributed by atoms with E-state index in [1.807, 2.05) is 6.07 Å². The first-order valence-electron chi connectivity index (χ1n) is 3.07. The van der Waals surface area contributed by atoms with Crippen molar-refractivity contribution in [1.82, 2.24) is 0 Å². The highest BCUT2D eigenvalue weighted by molar-refractivity contribution is 6.30. The summed E-state index contributed by atoms with van der Waals surface area (Å²) in [5.74, 6) is 0. The SMILES string of the molecule is [CH2+]Cc1cc(Cl)ccc1N. The van der Waals surface area contributed by atoms with Gasteiger partial charge in [-0.1, -0.05) is 11.6 Å². The molecule has 1 nitrogen and oxygen atoms in total. The highest BCUT2D eigenvalue weighted by Gasteiger charge is 1.98. The van der Waals surface area contributed by atoms with E-state index >= 15 is 0 Å². The number of hydrogen-bond acceptors (Lipinski definition) is 1. The van der Waals surface area contributed by atoms with E-state index in [1.54, 1.807) is 12.1 Å². The normalized spacial score (nSPS) is 9.70. The van der Waals surface area contributed by atoms with Crippen molar-refractivity contribution in [3.63, 3.8) is 0 Å². The molecule has 0 aliphatic rings. The second-order valence-corrected chi connectivity index (χ2v) is 2.53. The molecule has 0 unspecified atom stereocenters. The van der Waals surface area contributed by atoms with Crippen molar-refractivity contribution >= 4 is 17.3 Å². The van der Waals surface area contributed by atoms with E-state index in [9.17, 15) is 0 Å². The summed E-state index contributed by atoms with van der Waals surface area (Å²) in [7, 11) is 0. The topological polar surface area (TPSA) is 26.0 Å². The molecule has 0 aromatic heterocycles. The minimum absolute atomic E-state index is 0.687. The lowest BCUT2D eigenvalue weighted by molar-refractivity contribution is 1.28. The number of anilines is 1. The lowest BCUT2D eigenvalue weighted by Gasteiger charge is -1.98. The average molecular weight is 155 g/mol. The van der Waals surface area contributed by atoms with Crippen LogP contribution in [0.5, 0.6) is 0 Å². The van der Waals surface area contributed by atoms with Crippen LogP contribution in [-0.4, -0.2) is 0 Å². The van der Waals surface area contributed by atoms with Gasteiger partial charge in [0.15, 0.2) is 0 Å². The molecule has 0 atom stereocenters. The van der Waals surface area contributed by atoms with E-state index in [2.05, 4.69) is 6.92 Å². The number of nitrogens with two attached hydrogens (primary N) is 1. The van der Waals surface area contributed by atoms with Crippen LogP contribution < -0.4 is 5.73 Å². The summed E-state index contributed by atoms with van der Waals surface area (Å²) >= 11 is 5.71. The van der Waals surface area contributed by atoms with Gasteiger partial charge in [0.25, 0.3) is 0 Å². The summed E-state index contributed by atoms with van der Waals surface area (Å²) in [4.78, 5) is 0. The van der Waals surface area contributed by atoms with Gasteiger partial charge in [0.05, 0.1) is 6.92 Å². The van der Waals surface area contributed by atoms with Gasteiger partial charge in [-0.2, -0.15) is 0 Å². The third-order valence-corrected chi connectivity index (χ3v) is 1.61. The maximum Gasteiger partial charge on any atom is 0.112 e. The molecular formula is C8H9ClN+. The number of halogens is 1.